The van der Waals surface area contributed by atoms with Gasteiger partial charge in [-0.2, -0.15) is 0 Å². The fourth-order valence-electron chi connectivity index (χ4n) is 2.20. The molecule has 1 aromatic rings. The van der Waals surface area contributed by atoms with Crippen LogP contribution in [0.1, 0.15) is 38.7 Å². The smallest absolute Gasteiger partial charge is 0.126 e. The molecule has 0 aromatic heterocycles. The topological polar surface area (TPSA) is 12.0 Å². The number of nitrogens with one attached hydrogen (secondary N) is 1. The molecule has 1 aliphatic rings. The number of hydrogen-bond donors (Lipinski definition) is 1. The molecule has 1 atom stereocenters. The third kappa shape index (κ3) is 3.77. The molecule has 1 unspecified atom stereocenters. The van der Waals surface area contributed by atoms with Gasteiger partial charge < -0.3 is 5.32 Å². The van der Waals surface area contributed by atoms with E-state index in [-0.39, 0.29) is 5.41 Å². The minimum atomic E-state index is -0.487. The lowest BCUT2D eigenvalue weighted by Crippen LogP contribution is -2.34. The highest BCUT2D eigenvalue weighted by Gasteiger charge is 2.27. The number of halogens is 2. The van der Waals surface area contributed by atoms with Crippen LogP contribution in [0.2, 0.25) is 0 Å². The second-order valence-electron chi connectivity index (χ2n) is 5.77. The van der Waals surface area contributed by atoms with Crippen LogP contribution in [0.5, 0.6) is 0 Å². The molecule has 100 valence electrons. The molecular formula is C15H21F2N. The van der Waals surface area contributed by atoms with Crippen LogP contribution in [-0.4, -0.2) is 12.6 Å². The molecule has 1 N–H and O–H groups in total. The van der Waals surface area contributed by atoms with Crippen molar-refractivity contribution in [3.63, 3.8) is 0 Å². The average molecular weight is 253 g/mol. The first-order valence-corrected chi connectivity index (χ1v) is 6.69. The highest BCUT2D eigenvalue weighted by Crippen LogP contribution is 2.28. The van der Waals surface area contributed by atoms with Gasteiger partial charge in [-0.25, -0.2) is 8.78 Å². The Labute approximate surface area is 108 Å². The molecule has 3 heteroatoms. The van der Waals surface area contributed by atoms with E-state index >= 15 is 0 Å². The Hall–Kier alpha value is -0.960. The van der Waals surface area contributed by atoms with Gasteiger partial charge in [0.1, 0.15) is 11.6 Å². The van der Waals surface area contributed by atoms with E-state index in [1.54, 1.807) is 0 Å². The molecule has 1 saturated carbocycles. The maximum Gasteiger partial charge on any atom is 0.126 e. The second-order valence-corrected chi connectivity index (χ2v) is 5.77. The predicted molar refractivity (Wildman–Crippen MR) is 69.5 cm³/mol. The van der Waals surface area contributed by atoms with Gasteiger partial charge >= 0.3 is 0 Å². The minimum Gasteiger partial charge on any atom is -0.313 e. The zero-order valence-corrected chi connectivity index (χ0v) is 11.1. The van der Waals surface area contributed by atoms with Crippen molar-refractivity contribution in [2.45, 2.75) is 45.6 Å². The van der Waals surface area contributed by atoms with Gasteiger partial charge in [0, 0.05) is 18.7 Å². The summed E-state index contributed by atoms with van der Waals surface area (Å²) in [4.78, 5) is 0. The molecule has 0 aliphatic heterocycles. The van der Waals surface area contributed by atoms with E-state index in [0.29, 0.717) is 12.5 Å². The quantitative estimate of drug-likeness (QED) is 0.815. The molecule has 0 amide bonds. The van der Waals surface area contributed by atoms with Crippen molar-refractivity contribution in [1.29, 1.82) is 0 Å². The molecule has 0 heterocycles. The number of benzene rings is 1. The van der Waals surface area contributed by atoms with Crippen molar-refractivity contribution in [2.75, 3.05) is 6.54 Å². The Morgan fingerprint density at radius 1 is 1.22 bits per heavy atom. The van der Waals surface area contributed by atoms with Crippen molar-refractivity contribution < 1.29 is 8.78 Å². The summed E-state index contributed by atoms with van der Waals surface area (Å²) in [6.07, 6.45) is 4.21. The molecule has 0 radical (unpaired) electrons. The third-order valence-corrected chi connectivity index (χ3v) is 3.80. The maximum atomic E-state index is 13.2. The van der Waals surface area contributed by atoms with Crippen molar-refractivity contribution in [1.82, 2.24) is 5.32 Å². The molecule has 18 heavy (non-hydrogen) atoms. The predicted octanol–water partition coefficient (Wildman–Crippen LogP) is 3.68. The molecule has 0 bridgehead atoms. The Balaban J connectivity index is 2.02. The van der Waals surface area contributed by atoms with Crippen LogP contribution in [0.4, 0.5) is 8.78 Å². The third-order valence-electron chi connectivity index (χ3n) is 3.80. The Bertz CT molecular complexity index is 395. The molecule has 1 nitrogen and oxygen atoms in total. The van der Waals surface area contributed by atoms with Gasteiger partial charge in [-0.3, -0.25) is 0 Å². The fraction of sp³-hybridized carbons (Fsp3) is 0.600. The Morgan fingerprint density at radius 3 is 2.33 bits per heavy atom. The van der Waals surface area contributed by atoms with Crippen molar-refractivity contribution >= 4 is 0 Å². The van der Waals surface area contributed by atoms with Crippen LogP contribution in [0.3, 0.4) is 0 Å². The Morgan fingerprint density at radius 2 is 1.83 bits per heavy atom. The second kappa shape index (κ2) is 5.35. The van der Waals surface area contributed by atoms with E-state index in [2.05, 4.69) is 19.2 Å². The average Bonchev–Trinajstić information content (AvgIpc) is 3.09. The van der Waals surface area contributed by atoms with Crippen molar-refractivity contribution in [3.8, 4) is 0 Å². The van der Waals surface area contributed by atoms with Gasteiger partial charge in [0.2, 0.25) is 0 Å². The first-order chi connectivity index (χ1) is 8.50. The fourth-order valence-corrected chi connectivity index (χ4v) is 2.20. The summed E-state index contributed by atoms with van der Waals surface area (Å²) >= 11 is 0. The molecule has 1 aromatic carbocycles. The molecule has 0 spiro atoms. The van der Waals surface area contributed by atoms with Gasteiger partial charge in [-0.05, 0) is 48.8 Å². The maximum absolute atomic E-state index is 13.2. The standard InChI is InChI=1S/C15H21F2N/c1-3-15(2,10-18-14-4-5-14)9-11-6-12(16)8-13(17)7-11/h6-8,14,18H,3-5,9-10H2,1-2H3. The lowest BCUT2D eigenvalue weighted by molar-refractivity contribution is 0.288. The van der Waals surface area contributed by atoms with Gasteiger partial charge in [0.25, 0.3) is 0 Å². The van der Waals surface area contributed by atoms with Crippen LogP contribution in [0.25, 0.3) is 0 Å². The first-order valence-electron chi connectivity index (χ1n) is 6.69. The summed E-state index contributed by atoms with van der Waals surface area (Å²) in [5, 5.41) is 3.51. The summed E-state index contributed by atoms with van der Waals surface area (Å²) in [6.45, 7) is 5.21. The molecular weight excluding hydrogens is 232 g/mol. The first kappa shape index (κ1) is 13.5. The summed E-state index contributed by atoms with van der Waals surface area (Å²) in [6, 6.07) is 4.47. The van der Waals surface area contributed by atoms with Gasteiger partial charge in [0.05, 0.1) is 0 Å². The Kier molecular flexibility index (Phi) is 4.00. The van der Waals surface area contributed by atoms with Crippen LogP contribution in [0.15, 0.2) is 18.2 Å². The largest absolute Gasteiger partial charge is 0.313 e. The van der Waals surface area contributed by atoms with Crippen LogP contribution < -0.4 is 5.32 Å². The summed E-state index contributed by atoms with van der Waals surface area (Å²) < 4.78 is 26.4. The van der Waals surface area contributed by atoms with Crippen molar-refractivity contribution in [3.05, 3.63) is 35.4 Å². The van der Waals surface area contributed by atoms with Gasteiger partial charge in [-0.15, -0.1) is 0 Å². The minimum absolute atomic E-state index is 0.0584. The highest BCUT2D eigenvalue weighted by molar-refractivity contribution is 5.19. The van der Waals surface area contributed by atoms with Crippen LogP contribution in [0, 0.1) is 17.0 Å². The number of hydrogen-bond acceptors (Lipinski definition) is 1. The van der Waals surface area contributed by atoms with E-state index in [9.17, 15) is 8.78 Å². The molecule has 2 rings (SSSR count). The monoisotopic (exact) mass is 253 g/mol. The van der Waals surface area contributed by atoms with Crippen LogP contribution in [-0.2, 0) is 6.42 Å². The van der Waals surface area contributed by atoms with Crippen LogP contribution >= 0.6 is 0 Å². The SMILES string of the molecule is CCC(C)(CNC1CC1)Cc1cc(F)cc(F)c1. The normalized spacial score (nSPS) is 18.7. The molecule has 1 fully saturated rings. The molecule has 1 aliphatic carbocycles. The van der Waals surface area contributed by atoms with E-state index in [4.69, 9.17) is 0 Å². The summed E-state index contributed by atoms with van der Waals surface area (Å²) in [5.74, 6) is -0.975. The van der Waals surface area contributed by atoms with E-state index in [0.717, 1.165) is 24.6 Å². The number of rotatable bonds is 6. The zero-order chi connectivity index (χ0) is 13.2. The van der Waals surface area contributed by atoms with E-state index < -0.39 is 11.6 Å². The zero-order valence-electron chi connectivity index (χ0n) is 11.1. The van der Waals surface area contributed by atoms with E-state index in [1.807, 2.05) is 0 Å². The highest BCUT2D eigenvalue weighted by atomic mass is 19.1. The summed E-state index contributed by atoms with van der Waals surface area (Å²) in [5.41, 5.74) is 0.803. The summed E-state index contributed by atoms with van der Waals surface area (Å²) in [7, 11) is 0. The lowest BCUT2D eigenvalue weighted by atomic mass is 9.81. The van der Waals surface area contributed by atoms with Gasteiger partial charge in [-0.1, -0.05) is 13.8 Å². The lowest BCUT2D eigenvalue weighted by Gasteiger charge is -2.29. The molecule has 0 saturated heterocycles. The van der Waals surface area contributed by atoms with Gasteiger partial charge in [0.15, 0.2) is 0 Å². The van der Waals surface area contributed by atoms with E-state index in [1.165, 1.54) is 25.0 Å². The van der Waals surface area contributed by atoms with Crippen molar-refractivity contribution in [2.24, 2.45) is 5.41 Å².